The van der Waals surface area contributed by atoms with E-state index >= 15 is 0 Å². The number of hydrogen-bond donors (Lipinski definition) is 3. The summed E-state index contributed by atoms with van der Waals surface area (Å²) < 4.78 is 23.2. The van der Waals surface area contributed by atoms with Crippen molar-refractivity contribution in [2.45, 2.75) is 26.4 Å². The third-order valence-electron chi connectivity index (χ3n) is 1.42. The maximum atomic E-state index is 9.53. The van der Waals surface area contributed by atoms with Crippen molar-refractivity contribution in [1.29, 1.82) is 0 Å². The van der Waals surface area contributed by atoms with E-state index in [9.17, 15) is 9.11 Å². The van der Waals surface area contributed by atoms with Gasteiger partial charge in [-0.05, 0) is 24.3 Å². The van der Waals surface area contributed by atoms with Gasteiger partial charge in [-0.15, -0.1) is 15.9 Å². The Morgan fingerprint density at radius 3 is 2.71 bits per heavy atom. The number of nitrogens with one attached hydrogen (secondary N) is 1. The van der Waals surface area contributed by atoms with E-state index in [-0.39, 0.29) is 11.8 Å². The van der Waals surface area contributed by atoms with E-state index in [0.29, 0.717) is 6.54 Å². The summed E-state index contributed by atoms with van der Waals surface area (Å²) in [6.45, 7) is 4.09. The summed E-state index contributed by atoms with van der Waals surface area (Å²) in [6, 6.07) is 0.0360. The molecule has 0 aliphatic carbocycles. The zero-order valence-electron chi connectivity index (χ0n) is 8.16. The maximum absolute atomic E-state index is 9.53. The van der Waals surface area contributed by atoms with Gasteiger partial charge in [-0.1, -0.05) is 0 Å². The summed E-state index contributed by atoms with van der Waals surface area (Å²) in [4.78, 5) is 0. The summed E-state index contributed by atoms with van der Waals surface area (Å²) in [5, 5.41) is 10.5. The topological polar surface area (TPSA) is 96.1 Å². The normalized spacial score (nSPS) is 13.5. The van der Waals surface area contributed by atoms with Crippen LogP contribution in [0, 0.1) is 0 Å². The third-order valence-corrected chi connectivity index (χ3v) is 3.02. The fraction of sp³-hybridized carbons (Fsp3) is 0.833. The van der Waals surface area contributed by atoms with Crippen LogP contribution in [0.4, 0.5) is 0 Å². The largest absolute Gasteiger partial charge is 0.286 e. The van der Waals surface area contributed by atoms with Gasteiger partial charge in [-0.25, -0.2) is 9.40 Å². The summed E-state index contributed by atoms with van der Waals surface area (Å²) in [7, 11) is -2.72. The molecule has 1 aromatic rings. The zero-order valence-corrected chi connectivity index (χ0v) is 8.98. The minimum absolute atomic E-state index is 0.0360. The van der Waals surface area contributed by atoms with Crippen LogP contribution >= 0.6 is 10.8 Å². The Kier molecular flexibility index (Phi) is 3.81. The highest BCUT2D eigenvalue weighted by atomic mass is 32.3. The van der Waals surface area contributed by atoms with Crippen molar-refractivity contribution in [1.82, 2.24) is 24.9 Å². The number of aryl methyl sites for hydroxylation is 1. The zero-order chi connectivity index (χ0) is 10.6. The van der Waals surface area contributed by atoms with Gasteiger partial charge in [0, 0.05) is 6.04 Å². The molecule has 82 valence electrons. The Labute approximate surface area is 84.0 Å². The van der Waals surface area contributed by atoms with Crippen LogP contribution in [-0.4, -0.2) is 41.1 Å². The number of hydrogen-bond acceptors (Lipinski definition) is 6. The number of nitrogens with zero attached hydrogens (tertiary/aromatic N) is 4. The monoisotopic (exact) mass is 221 g/mol. The Bertz CT molecular complexity index is 263. The molecule has 0 aliphatic heterocycles. The number of rotatable bonds is 5. The molecule has 0 bridgehead atoms. The lowest BCUT2D eigenvalue weighted by Gasteiger charge is -2.34. The van der Waals surface area contributed by atoms with E-state index in [1.165, 1.54) is 11.0 Å². The second kappa shape index (κ2) is 4.69. The van der Waals surface area contributed by atoms with Crippen molar-refractivity contribution in [2.24, 2.45) is 0 Å². The molecule has 0 aliphatic rings. The van der Waals surface area contributed by atoms with Gasteiger partial charge in [0.15, 0.2) is 0 Å². The molecule has 0 radical (unpaired) electrons. The molecule has 14 heavy (non-hydrogen) atoms. The van der Waals surface area contributed by atoms with Crippen LogP contribution in [0.3, 0.4) is 0 Å². The summed E-state index contributed by atoms with van der Waals surface area (Å²) in [5.41, 5.74) is 0. The molecule has 1 rings (SSSR count). The molecule has 0 aromatic carbocycles. The number of tetrazole rings is 1. The van der Waals surface area contributed by atoms with E-state index in [2.05, 4.69) is 20.2 Å². The van der Waals surface area contributed by atoms with Crippen LogP contribution in [0.1, 0.15) is 13.8 Å². The van der Waals surface area contributed by atoms with Crippen LogP contribution in [0.15, 0.2) is 6.33 Å². The molecule has 1 heterocycles. The third kappa shape index (κ3) is 4.01. The lowest BCUT2D eigenvalue weighted by Crippen LogP contribution is -2.30. The van der Waals surface area contributed by atoms with Crippen molar-refractivity contribution >= 4 is 10.8 Å². The molecule has 1 aromatic heterocycles. The molecular formula is C6H15N5O2S. The summed E-state index contributed by atoms with van der Waals surface area (Å²) in [5.74, 6) is 0.205. The molecule has 0 saturated carbocycles. The van der Waals surface area contributed by atoms with Crippen molar-refractivity contribution in [3.05, 3.63) is 6.33 Å². The Balaban J connectivity index is 2.36. The van der Waals surface area contributed by atoms with Crippen molar-refractivity contribution in [3.8, 4) is 0 Å². The van der Waals surface area contributed by atoms with Crippen molar-refractivity contribution < 1.29 is 9.11 Å². The molecular weight excluding hydrogens is 206 g/mol. The average molecular weight is 221 g/mol. The Morgan fingerprint density at radius 1 is 1.50 bits per heavy atom. The average Bonchev–Trinajstić information content (AvgIpc) is 2.50. The first-order valence-corrected chi connectivity index (χ1v) is 5.95. The highest BCUT2D eigenvalue weighted by molar-refractivity contribution is 8.22. The van der Waals surface area contributed by atoms with Gasteiger partial charge in [-0.2, -0.15) is 0 Å². The molecule has 0 amide bonds. The standard InChI is InChI=1S/C6H15N5O2S/c1-6(2)8-14(12,13)4-3-11-5-7-9-10-11/h5-6,8,12-13H,3-4H2,1-2H3. The highest BCUT2D eigenvalue weighted by Crippen LogP contribution is 2.33. The molecule has 0 saturated heterocycles. The van der Waals surface area contributed by atoms with Crippen LogP contribution in [-0.2, 0) is 6.54 Å². The fourth-order valence-corrected chi connectivity index (χ4v) is 2.25. The van der Waals surface area contributed by atoms with E-state index in [1.54, 1.807) is 0 Å². The Morgan fingerprint density at radius 2 is 2.21 bits per heavy atom. The SMILES string of the molecule is CC(C)NS(O)(O)CCn1cnnn1. The molecule has 0 fully saturated rings. The molecule has 0 spiro atoms. The molecule has 0 atom stereocenters. The van der Waals surface area contributed by atoms with Gasteiger partial charge in [0.1, 0.15) is 6.33 Å². The van der Waals surface area contributed by atoms with E-state index in [0.717, 1.165) is 0 Å². The van der Waals surface area contributed by atoms with Crippen LogP contribution in [0.25, 0.3) is 0 Å². The van der Waals surface area contributed by atoms with Gasteiger partial charge in [0.25, 0.3) is 0 Å². The molecule has 8 heteroatoms. The lowest BCUT2D eigenvalue weighted by molar-refractivity contribution is 0.453. The predicted octanol–water partition coefficient (Wildman–Crippen LogP) is 0.337. The van der Waals surface area contributed by atoms with E-state index in [1.807, 2.05) is 13.8 Å². The first-order valence-electron chi connectivity index (χ1n) is 4.23. The van der Waals surface area contributed by atoms with Crippen LogP contribution in [0.2, 0.25) is 0 Å². The fourth-order valence-electron chi connectivity index (χ4n) is 0.940. The number of aromatic nitrogens is 4. The van der Waals surface area contributed by atoms with Gasteiger partial charge in [0.05, 0.1) is 12.3 Å². The van der Waals surface area contributed by atoms with Gasteiger partial charge in [-0.3, -0.25) is 9.11 Å². The maximum Gasteiger partial charge on any atom is 0.138 e. The molecule has 7 nitrogen and oxygen atoms in total. The second-order valence-corrected chi connectivity index (χ2v) is 5.19. The lowest BCUT2D eigenvalue weighted by atomic mass is 10.4. The van der Waals surface area contributed by atoms with Gasteiger partial charge in [0.2, 0.25) is 0 Å². The first kappa shape index (κ1) is 11.4. The quantitative estimate of drug-likeness (QED) is 0.663. The minimum Gasteiger partial charge on any atom is -0.286 e. The van der Waals surface area contributed by atoms with Gasteiger partial charge >= 0.3 is 0 Å². The Hall–Kier alpha value is -0.700. The summed E-state index contributed by atoms with van der Waals surface area (Å²) >= 11 is 0. The van der Waals surface area contributed by atoms with Crippen LogP contribution in [0.5, 0.6) is 0 Å². The van der Waals surface area contributed by atoms with E-state index < -0.39 is 10.8 Å². The van der Waals surface area contributed by atoms with Crippen LogP contribution < -0.4 is 4.72 Å². The smallest absolute Gasteiger partial charge is 0.138 e. The highest BCUT2D eigenvalue weighted by Gasteiger charge is 2.13. The second-order valence-electron chi connectivity index (χ2n) is 3.22. The molecule has 0 unspecified atom stereocenters. The molecule has 3 N–H and O–H groups in total. The van der Waals surface area contributed by atoms with Gasteiger partial charge < -0.3 is 0 Å². The minimum atomic E-state index is -2.72. The van der Waals surface area contributed by atoms with Crippen molar-refractivity contribution in [2.75, 3.05) is 5.75 Å². The first-order chi connectivity index (χ1) is 6.49. The van der Waals surface area contributed by atoms with E-state index in [4.69, 9.17) is 0 Å². The van der Waals surface area contributed by atoms with Crippen molar-refractivity contribution in [3.63, 3.8) is 0 Å². The summed E-state index contributed by atoms with van der Waals surface area (Å²) in [6.07, 6.45) is 1.44. The predicted molar refractivity (Wildman–Crippen MR) is 53.8 cm³/mol.